The minimum Gasteiger partial charge on any atom is -0.497 e. The lowest BCUT2D eigenvalue weighted by molar-refractivity contribution is -0.115. The van der Waals surface area contributed by atoms with Crippen molar-refractivity contribution >= 4 is 28.3 Å². The second-order valence-electron chi connectivity index (χ2n) is 4.80. The molecule has 6 heteroatoms. The number of nitrogens with zero attached hydrogens (tertiary/aromatic N) is 1. The maximum atomic E-state index is 12.2. The molecule has 0 spiro atoms. The molecule has 1 aromatic heterocycles. The van der Waals surface area contributed by atoms with Crippen molar-refractivity contribution in [3.05, 3.63) is 48.2 Å². The zero-order valence-corrected chi connectivity index (χ0v) is 12.0. The van der Waals surface area contributed by atoms with Crippen molar-refractivity contribution in [2.75, 3.05) is 18.2 Å². The number of nitrogen functional groups attached to an aromatic ring is 1. The van der Waals surface area contributed by atoms with E-state index in [2.05, 4.69) is 10.5 Å². The van der Waals surface area contributed by atoms with Crippen molar-refractivity contribution in [1.29, 1.82) is 0 Å². The van der Waals surface area contributed by atoms with E-state index in [1.165, 1.54) is 0 Å². The SMILES string of the molecule is COc1ccc(NC(=O)Cc2noc3ccccc23)c(N)c1. The average Bonchev–Trinajstić information content (AvgIpc) is 2.92. The maximum Gasteiger partial charge on any atom is 0.230 e. The molecule has 0 aliphatic carbocycles. The number of nitrogens with two attached hydrogens (primary N) is 1. The largest absolute Gasteiger partial charge is 0.497 e. The summed E-state index contributed by atoms with van der Waals surface area (Å²) < 4.78 is 10.3. The number of carbonyl (C=O) groups is 1. The summed E-state index contributed by atoms with van der Waals surface area (Å²) in [6.45, 7) is 0. The number of hydrogen-bond acceptors (Lipinski definition) is 5. The lowest BCUT2D eigenvalue weighted by Crippen LogP contribution is -2.15. The van der Waals surface area contributed by atoms with E-state index in [0.29, 0.717) is 28.4 Å². The topological polar surface area (TPSA) is 90.4 Å². The molecule has 3 aromatic rings. The molecule has 0 aliphatic rings. The fourth-order valence-corrected chi connectivity index (χ4v) is 2.19. The first-order chi connectivity index (χ1) is 10.7. The monoisotopic (exact) mass is 297 g/mol. The first kappa shape index (κ1) is 13.9. The van der Waals surface area contributed by atoms with Crippen LogP contribution < -0.4 is 15.8 Å². The Labute approximate surface area is 126 Å². The molecule has 3 rings (SSSR count). The number of rotatable bonds is 4. The number of amides is 1. The molecule has 0 aliphatic heterocycles. The number of nitrogens with one attached hydrogen (secondary N) is 1. The fourth-order valence-electron chi connectivity index (χ4n) is 2.19. The number of carbonyl (C=O) groups excluding carboxylic acids is 1. The first-order valence-electron chi connectivity index (χ1n) is 6.74. The third-order valence-electron chi connectivity index (χ3n) is 3.31. The Kier molecular flexibility index (Phi) is 3.65. The van der Waals surface area contributed by atoms with Crippen LogP contribution in [0.5, 0.6) is 5.75 Å². The Hall–Kier alpha value is -3.02. The van der Waals surface area contributed by atoms with E-state index in [9.17, 15) is 4.79 Å². The van der Waals surface area contributed by atoms with Gasteiger partial charge in [-0.15, -0.1) is 0 Å². The molecule has 0 fully saturated rings. The Balaban J connectivity index is 1.75. The molecule has 112 valence electrons. The molecule has 0 saturated heterocycles. The van der Waals surface area contributed by atoms with Crippen LogP contribution >= 0.6 is 0 Å². The quantitative estimate of drug-likeness (QED) is 0.722. The Bertz CT molecular complexity index is 826. The van der Waals surface area contributed by atoms with Crippen LogP contribution in [0.25, 0.3) is 11.0 Å². The maximum absolute atomic E-state index is 12.2. The summed E-state index contributed by atoms with van der Waals surface area (Å²) in [5.41, 5.74) is 8.12. The van der Waals surface area contributed by atoms with E-state index in [1.54, 1.807) is 25.3 Å². The van der Waals surface area contributed by atoms with Crippen LogP contribution in [0.1, 0.15) is 5.69 Å². The van der Waals surface area contributed by atoms with Crippen LogP contribution in [0.3, 0.4) is 0 Å². The van der Waals surface area contributed by atoms with E-state index >= 15 is 0 Å². The van der Waals surface area contributed by atoms with Crippen LogP contribution in [-0.4, -0.2) is 18.2 Å². The van der Waals surface area contributed by atoms with Gasteiger partial charge in [0.15, 0.2) is 5.58 Å². The lowest BCUT2D eigenvalue weighted by atomic mass is 10.1. The Morgan fingerprint density at radius 2 is 2.14 bits per heavy atom. The summed E-state index contributed by atoms with van der Waals surface area (Å²) in [5.74, 6) is 0.425. The van der Waals surface area contributed by atoms with Crippen LogP contribution in [0.2, 0.25) is 0 Å². The number of ether oxygens (including phenoxy) is 1. The summed E-state index contributed by atoms with van der Waals surface area (Å²) in [5, 5.41) is 7.54. The Morgan fingerprint density at radius 1 is 1.32 bits per heavy atom. The van der Waals surface area contributed by atoms with E-state index in [-0.39, 0.29) is 12.3 Å². The predicted molar refractivity (Wildman–Crippen MR) is 83.7 cm³/mol. The highest BCUT2D eigenvalue weighted by molar-refractivity contribution is 5.97. The zero-order valence-electron chi connectivity index (χ0n) is 12.0. The standard InChI is InChI=1S/C16H15N3O3/c1-21-10-6-7-13(12(17)8-10)18-16(20)9-14-11-4-2-3-5-15(11)22-19-14/h2-8H,9,17H2,1H3,(H,18,20). The van der Waals surface area contributed by atoms with Crippen molar-refractivity contribution in [1.82, 2.24) is 5.16 Å². The van der Waals surface area contributed by atoms with E-state index in [1.807, 2.05) is 24.3 Å². The third-order valence-corrected chi connectivity index (χ3v) is 3.31. The molecule has 0 bridgehead atoms. The van der Waals surface area contributed by atoms with E-state index in [0.717, 1.165) is 5.39 Å². The fraction of sp³-hybridized carbons (Fsp3) is 0.125. The van der Waals surface area contributed by atoms with Crippen molar-refractivity contribution in [3.63, 3.8) is 0 Å². The van der Waals surface area contributed by atoms with Gasteiger partial charge < -0.3 is 20.3 Å². The average molecular weight is 297 g/mol. The number of methoxy groups -OCH3 is 1. The number of fused-ring (bicyclic) bond motifs is 1. The highest BCUT2D eigenvalue weighted by Crippen LogP contribution is 2.24. The molecule has 1 heterocycles. The molecule has 0 radical (unpaired) electrons. The number of hydrogen-bond donors (Lipinski definition) is 2. The van der Waals surface area contributed by atoms with Crippen LogP contribution in [0.4, 0.5) is 11.4 Å². The van der Waals surface area contributed by atoms with Gasteiger partial charge in [-0.25, -0.2) is 0 Å². The second kappa shape index (κ2) is 5.77. The molecule has 0 atom stereocenters. The normalized spacial score (nSPS) is 10.6. The minimum atomic E-state index is -0.212. The Morgan fingerprint density at radius 3 is 2.91 bits per heavy atom. The summed E-state index contributed by atoms with van der Waals surface area (Å²) in [4.78, 5) is 12.2. The van der Waals surface area contributed by atoms with Gasteiger partial charge in [0.05, 0.1) is 24.9 Å². The van der Waals surface area contributed by atoms with Gasteiger partial charge in [-0.05, 0) is 24.3 Å². The summed E-state index contributed by atoms with van der Waals surface area (Å²) in [6, 6.07) is 12.5. The summed E-state index contributed by atoms with van der Waals surface area (Å²) in [7, 11) is 1.56. The van der Waals surface area contributed by atoms with Gasteiger partial charge in [-0.3, -0.25) is 4.79 Å². The van der Waals surface area contributed by atoms with E-state index < -0.39 is 0 Å². The molecule has 3 N–H and O–H groups in total. The molecule has 6 nitrogen and oxygen atoms in total. The smallest absolute Gasteiger partial charge is 0.230 e. The molecular weight excluding hydrogens is 282 g/mol. The molecular formula is C16H15N3O3. The van der Waals surface area contributed by atoms with Crippen LogP contribution in [-0.2, 0) is 11.2 Å². The van der Waals surface area contributed by atoms with Crippen molar-refractivity contribution < 1.29 is 14.1 Å². The molecule has 0 unspecified atom stereocenters. The highest BCUT2D eigenvalue weighted by Gasteiger charge is 2.13. The summed E-state index contributed by atoms with van der Waals surface area (Å²) in [6.07, 6.45) is 0.114. The number of anilines is 2. The molecule has 2 aromatic carbocycles. The van der Waals surface area contributed by atoms with Crippen molar-refractivity contribution in [2.45, 2.75) is 6.42 Å². The number of benzene rings is 2. The predicted octanol–water partition coefficient (Wildman–Crippen LogP) is 2.60. The van der Waals surface area contributed by atoms with E-state index in [4.69, 9.17) is 15.0 Å². The van der Waals surface area contributed by atoms with Gasteiger partial charge in [0.1, 0.15) is 11.4 Å². The van der Waals surface area contributed by atoms with Gasteiger partial charge in [-0.1, -0.05) is 17.3 Å². The van der Waals surface area contributed by atoms with Crippen molar-refractivity contribution in [2.24, 2.45) is 0 Å². The minimum absolute atomic E-state index is 0.114. The highest BCUT2D eigenvalue weighted by atomic mass is 16.5. The van der Waals surface area contributed by atoms with Crippen molar-refractivity contribution in [3.8, 4) is 5.75 Å². The zero-order chi connectivity index (χ0) is 15.5. The lowest BCUT2D eigenvalue weighted by Gasteiger charge is -2.09. The first-order valence-corrected chi connectivity index (χ1v) is 6.74. The number of aromatic nitrogens is 1. The molecule has 1 amide bonds. The van der Waals surface area contributed by atoms with Gasteiger partial charge in [-0.2, -0.15) is 0 Å². The second-order valence-corrected chi connectivity index (χ2v) is 4.80. The van der Waals surface area contributed by atoms with Gasteiger partial charge in [0.2, 0.25) is 5.91 Å². The van der Waals surface area contributed by atoms with Crippen LogP contribution in [0.15, 0.2) is 47.0 Å². The van der Waals surface area contributed by atoms with Crippen LogP contribution in [0, 0.1) is 0 Å². The van der Waals surface area contributed by atoms with Gasteiger partial charge in [0, 0.05) is 11.5 Å². The van der Waals surface area contributed by atoms with Gasteiger partial charge in [0.25, 0.3) is 0 Å². The van der Waals surface area contributed by atoms with Gasteiger partial charge >= 0.3 is 0 Å². The number of para-hydroxylation sites is 1. The summed E-state index contributed by atoms with van der Waals surface area (Å²) >= 11 is 0. The third kappa shape index (κ3) is 2.71. The molecule has 0 saturated carbocycles. The molecule has 22 heavy (non-hydrogen) atoms.